The van der Waals surface area contributed by atoms with E-state index in [0.29, 0.717) is 13.0 Å². The standard InChI is InChI=1S/C17H23N5O/c1-21-8-10-22(11-9-21)17(23)12-14-2-4-15(5-3-14)18-13-16-6-7-19-20-16/h2-7,18H,8-13H2,1H3,(H,19,20). The number of likely N-dealkylation sites (N-methyl/N-ethyl adjacent to an activating group) is 1. The largest absolute Gasteiger partial charge is 0.379 e. The first-order valence-corrected chi connectivity index (χ1v) is 7.98. The van der Waals surface area contributed by atoms with Gasteiger partial charge in [0.25, 0.3) is 0 Å². The molecule has 0 bridgehead atoms. The summed E-state index contributed by atoms with van der Waals surface area (Å²) in [4.78, 5) is 16.5. The lowest BCUT2D eigenvalue weighted by molar-refractivity contribution is -0.132. The van der Waals surface area contributed by atoms with Crippen LogP contribution in [0.3, 0.4) is 0 Å². The SMILES string of the molecule is CN1CCN(C(=O)Cc2ccc(NCc3ccn[nH]3)cc2)CC1. The second-order valence-electron chi connectivity index (χ2n) is 5.99. The Morgan fingerprint density at radius 1 is 1.17 bits per heavy atom. The molecule has 6 heteroatoms. The van der Waals surface area contributed by atoms with Gasteiger partial charge >= 0.3 is 0 Å². The van der Waals surface area contributed by atoms with E-state index >= 15 is 0 Å². The zero-order chi connectivity index (χ0) is 16.1. The van der Waals surface area contributed by atoms with Crippen LogP contribution < -0.4 is 5.32 Å². The first-order valence-electron chi connectivity index (χ1n) is 7.98. The second-order valence-corrected chi connectivity index (χ2v) is 5.99. The first-order chi connectivity index (χ1) is 11.2. The number of anilines is 1. The zero-order valence-corrected chi connectivity index (χ0v) is 13.5. The molecule has 0 saturated carbocycles. The maximum absolute atomic E-state index is 12.3. The van der Waals surface area contributed by atoms with E-state index < -0.39 is 0 Å². The van der Waals surface area contributed by atoms with Crippen LogP contribution in [-0.2, 0) is 17.8 Å². The van der Waals surface area contributed by atoms with Crippen molar-refractivity contribution in [2.45, 2.75) is 13.0 Å². The number of carbonyl (C=O) groups excluding carboxylic acids is 1. The van der Waals surface area contributed by atoms with E-state index in [4.69, 9.17) is 0 Å². The fourth-order valence-electron chi connectivity index (χ4n) is 2.66. The molecule has 6 nitrogen and oxygen atoms in total. The number of H-pyrrole nitrogens is 1. The van der Waals surface area contributed by atoms with E-state index in [1.807, 2.05) is 35.2 Å². The number of amides is 1. The quantitative estimate of drug-likeness (QED) is 0.874. The predicted molar refractivity (Wildman–Crippen MR) is 90.1 cm³/mol. The lowest BCUT2D eigenvalue weighted by Crippen LogP contribution is -2.47. The molecule has 1 aromatic heterocycles. The van der Waals surface area contributed by atoms with Gasteiger partial charge in [-0.05, 0) is 30.8 Å². The Bertz CT molecular complexity index is 615. The number of aromatic amines is 1. The summed E-state index contributed by atoms with van der Waals surface area (Å²) in [5.74, 6) is 0.219. The Balaban J connectivity index is 1.50. The summed E-state index contributed by atoms with van der Waals surface area (Å²) in [6, 6.07) is 10.0. The first kappa shape index (κ1) is 15.6. The number of aromatic nitrogens is 2. The third-order valence-electron chi connectivity index (χ3n) is 4.21. The average Bonchev–Trinajstić information content (AvgIpc) is 3.08. The molecule has 2 N–H and O–H groups in total. The van der Waals surface area contributed by atoms with Gasteiger partial charge in [-0.3, -0.25) is 9.89 Å². The molecule has 0 radical (unpaired) electrons. The number of nitrogens with one attached hydrogen (secondary N) is 2. The van der Waals surface area contributed by atoms with Crippen LogP contribution in [0.2, 0.25) is 0 Å². The minimum absolute atomic E-state index is 0.219. The summed E-state index contributed by atoms with van der Waals surface area (Å²) < 4.78 is 0. The topological polar surface area (TPSA) is 64.3 Å². The molecule has 1 fully saturated rings. The lowest BCUT2D eigenvalue weighted by atomic mass is 10.1. The highest BCUT2D eigenvalue weighted by molar-refractivity contribution is 5.79. The molecule has 23 heavy (non-hydrogen) atoms. The minimum Gasteiger partial charge on any atom is -0.379 e. The summed E-state index contributed by atoms with van der Waals surface area (Å²) in [6.07, 6.45) is 2.22. The van der Waals surface area contributed by atoms with Crippen molar-refractivity contribution in [3.05, 3.63) is 47.8 Å². The summed E-state index contributed by atoms with van der Waals surface area (Å²) in [5.41, 5.74) is 3.13. The second kappa shape index (κ2) is 7.28. The number of rotatable bonds is 5. The molecule has 0 unspecified atom stereocenters. The van der Waals surface area contributed by atoms with Crippen molar-refractivity contribution in [2.75, 3.05) is 38.5 Å². The molecule has 2 heterocycles. The number of benzene rings is 1. The summed E-state index contributed by atoms with van der Waals surface area (Å²) in [6.45, 7) is 4.29. The van der Waals surface area contributed by atoms with Gasteiger partial charge < -0.3 is 15.1 Å². The highest BCUT2D eigenvalue weighted by Gasteiger charge is 2.18. The van der Waals surface area contributed by atoms with Gasteiger partial charge in [0.15, 0.2) is 0 Å². The molecule has 0 atom stereocenters. The Kier molecular flexibility index (Phi) is 4.92. The maximum atomic E-state index is 12.3. The van der Waals surface area contributed by atoms with Gasteiger partial charge in [-0.1, -0.05) is 12.1 Å². The third kappa shape index (κ3) is 4.32. The Labute approximate surface area is 136 Å². The minimum atomic E-state index is 0.219. The molecule has 1 aliphatic heterocycles. The van der Waals surface area contributed by atoms with Gasteiger partial charge in [-0.2, -0.15) is 5.10 Å². The van der Waals surface area contributed by atoms with Crippen molar-refractivity contribution in [1.82, 2.24) is 20.0 Å². The van der Waals surface area contributed by atoms with E-state index in [1.54, 1.807) is 6.20 Å². The van der Waals surface area contributed by atoms with E-state index in [2.05, 4.69) is 27.5 Å². The Morgan fingerprint density at radius 3 is 2.57 bits per heavy atom. The smallest absolute Gasteiger partial charge is 0.227 e. The highest BCUT2D eigenvalue weighted by Crippen LogP contribution is 2.12. The van der Waals surface area contributed by atoms with E-state index in [-0.39, 0.29) is 5.91 Å². The predicted octanol–water partition coefficient (Wildman–Crippen LogP) is 1.34. The molecule has 1 aromatic carbocycles. The van der Waals surface area contributed by atoms with Crippen LogP contribution in [0.15, 0.2) is 36.5 Å². The van der Waals surface area contributed by atoms with Crippen LogP contribution in [0.25, 0.3) is 0 Å². The molecule has 1 saturated heterocycles. The van der Waals surface area contributed by atoms with Gasteiger partial charge in [0.1, 0.15) is 0 Å². The van der Waals surface area contributed by atoms with Gasteiger partial charge in [0, 0.05) is 38.1 Å². The van der Waals surface area contributed by atoms with E-state index in [1.165, 1.54) is 0 Å². The fourth-order valence-corrected chi connectivity index (χ4v) is 2.66. The number of hydrogen-bond acceptors (Lipinski definition) is 4. The lowest BCUT2D eigenvalue weighted by Gasteiger charge is -2.32. The summed E-state index contributed by atoms with van der Waals surface area (Å²) in [7, 11) is 2.09. The zero-order valence-electron chi connectivity index (χ0n) is 13.5. The molecule has 1 aliphatic rings. The molecule has 122 valence electrons. The molecular weight excluding hydrogens is 290 g/mol. The van der Waals surface area contributed by atoms with Crippen molar-refractivity contribution in [3.8, 4) is 0 Å². The van der Waals surface area contributed by atoms with Crippen molar-refractivity contribution in [3.63, 3.8) is 0 Å². The van der Waals surface area contributed by atoms with Gasteiger partial charge in [-0.25, -0.2) is 0 Å². The van der Waals surface area contributed by atoms with E-state index in [0.717, 1.165) is 43.1 Å². The van der Waals surface area contributed by atoms with Crippen LogP contribution in [0.4, 0.5) is 5.69 Å². The van der Waals surface area contributed by atoms with Crippen LogP contribution >= 0.6 is 0 Å². The van der Waals surface area contributed by atoms with Crippen LogP contribution in [0.1, 0.15) is 11.3 Å². The van der Waals surface area contributed by atoms with Gasteiger partial charge in [0.2, 0.25) is 5.91 Å². The van der Waals surface area contributed by atoms with E-state index in [9.17, 15) is 4.79 Å². The number of hydrogen-bond donors (Lipinski definition) is 2. The normalized spacial score (nSPS) is 15.6. The van der Waals surface area contributed by atoms with Crippen molar-refractivity contribution in [1.29, 1.82) is 0 Å². The molecule has 2 aromatic rings. The average molecular weight is 313 g/mol. The van der Waals surface area contributed by atoms with Crippen LogP contribution in [0.5, 0.6) is 0 Å². The summed E-state index contributed by atoms with van der Waals surface area (Å²) >= 11 is 0. The molecule has 0 aliphatic carbocycles. The highest BCUT2D eigenvalue weighted by atomic mass is 16.2. The maximum Gasteiger partial charge on any atom is 0.227 e. The van der Waals surface area contributed by atoms with Crippen LogP contribution in [-0.4, -0.2) is 59.1 Å². The Morgan fingerprint density at radius 2 is 1.91 bits per heavy atom. The molecule has 1 amide bonds. The monoisotopic (exact) mass is 313 g/mol. The van der Waals surface area contributed by atoms with Crippen molar-refractivity contribution < 1.29 is 4.79 Å². The van der Waals surface area contributed by atoms with Gasteiger partial charge in [0.05, 0.1) is 18.7 Å². The van der Waals surface area contributed by atoms with Crippen LogP contribution in [0, 0.1) is 0 Å². The van der Waals surface area contributed by atoms with Crippen molar-refractivity contribution in [2.24, 2.45) is 0 Å². The number of piperazine rings is 1. The molecular formula is C17H23N5O. The molecule has 0 spiro atoms. The Hall–Kier alpha value is -2.34. The number of nitrogens with zero attached hydrogens (tertiary/aromatic N) is 3. The van der Waals surface area contributed by atoms with Gasteiger partial charge in [-0.15, -0.1) is 0 Å². The van der Waals surface area contributed by atoms with Crippen molar-refractivity contribution >= 4 is 11.6 Å². The fraction of sp³-hybridized carbons (Fsp3) is 0.412. The molecule has 3 rings (SSSR count). The summed E-state index contributed by atoms with van der Waals surface area (Å²) in [5, 5.41) is 10.2. The third-order valence-corrected chi connectivity index (χ3v) is 4.21. The number of carbonyl (C=O) groups is 1.